The Kier molecular flexibility index (Phi) is 4.27. The van der Waals surface area contributed by atoms with E-state index in [2.05, 4.69) is 46.0 Å². The second kappa shape index (κ2) is 5.54. The predicted molar refractivity (Wildman–Crippen MR) is 75.9 cm³/mol. The molecule has 1 saturated heterocycles. The van der Waals surface area contributed by atoms with Crippen LogP contribution in [0, 0.1) is 0 Å². The molecule has 0 spiro atoms. The third-order valence-electron chi connectivity index (χ3n) is 2.97. The maximum absolute atomic E-state index is 4.21. The molecule has 0 amide bonds. The van der Waals surface area contributed by atoms with Gasteiger partial charge in [0.25, 0.3) is 0 Å². The average molecular weight is 272 g/mol. The Hall–Kier alpha value is -0.330. The van der Waals surface area contributed by atoms with Crippen molar-refractivity contribution >= 4 is 28.2 Å². The van der Waals surface area contributed by atoms with Crippen molar-refractivity contribution in [1.82, 2.24) is 15.1 Å². The van der Waals surface area contributed by atoms with Crippen molar-refractivity contribution in [2.75, 3.05) is 31.2 Å². The van der Waals surface area contributed by atoms with Gasteiger partial charge in [-0.15, -0.1) is 10.2 Å². The Bertz CT molecular complexity index is 364. The lowest BCUT2D eigenvalue weighted by Crippen LogP contribution is -2.26. The van der Waals surface area contributed by atoms with E-state index in [1.807, 2.05) is 7.05 Å². The SMILES string of the molecule is CNc1nnc(CN2CCSC(C)(C)CC2)s1. The van der Waals surface area contributed by atoms with E-state index in [0.29, 0.717) is 4.75 Å². The maximum Gasteiger partial charge on any atom is 0.205 e. The van der Waals surface area contributed by atoms with Crippen LogP contribution in [0.2, 0.25) is 0 Å². The van der Waals surface area contributed by atoms with E-state index >= 15 is 0 Å². The van der Waals surface area contributed by atoms with Gasteiger partial charge in [0.2, 0.25) is 5.13 Å². The van der Waals surface area contributed by atoms with E-state index < -0.39 is 0 Å². The summed E-state index contributed by atoms with van der Waals surface area (Å²) in [6, 6.07) is 0. The molecule has 0 saturated carbocycles. The molecule has 1 N–H and O–H groups in total. The van der Waals surface area contributed by atoms with Gasteiger partial charge in [-0.2, -0.15) is 11.8 Å². The minimum atomic E-state index is 0.423. The van der Waals surface area contributed by atoms with Gasteiger partial charge in [-0.3, -0.25) is 4.90 Å². The highest BCUT2D eigenvalue weighted by atomic mass is 32.2. The summed E-state index contributed by atoms with van der Waals surface area (Å²) in [5, 5.41) is 13.3. The third kappa shape index (κ3) is 3.82. The zero-order chi connectivity index (χ0) is 12.3. The standard InChI is InChI=1S/C11H20N4S2/c1-11(2)4-5-15(6-7-16-11)8-9-13-14-10(12-3)17-9/h4-8H2,1-3H3,(H,12,14). The molecule has 17 heavy (non-hydrogen) atoms. The summed E-state index contributed by atoms with van der Waals surface area (Å²) in [5.41, 5.74) is 0. The Labute approximate surface area is 111 Å². The number of nitrogens with one attached hydrogen (secondary N) is 1. The molecule has 1 fully saturated rings. The van der Waals surface area contributed by atoms with Crippen LogP contribution in [0.4, 0.5) is 5.13 Å². The van der Waals surface area contributed by atoms with Crippen LogP contribution in [0.1, 0.15) is 25.3 Å². The highest BCUT2D eigenvalue weighted by Gasteiger charge is 2.24. The Morgan fingerprint density at radius 1 is 1.35 bits per heavy atom. The smallest absolute Gasteiger partial charge is 0.205 e. The minimum Gasteiger partial charge on any atom is -0.363 e. The summed E-state index contributed by atoms with van der Waals surface area (Å²) in [6.07, 6.45) is 1.25. The summed E-state index contributed by atoms with van der Waals surface area (Å²) in [4.78, 5) is 2.49. The summed E-state index contributed by atoms with van der Waals surface area (Å²) < 4.78 is 0.423. The third-order valence-corrected chi connectivity index (χ3v) is 5.27. The number of anilines is 1. The molecule has 96 valence electrons. The summed E-state index contributed by atoms with van der Waals surface area (Å²) in [7, 11) is 1.88. The van der Waals surface area contributed by atoms with Crippen LogP contribution in [-0.4, -0.2) is 45.7 Å². The van der Waals surface area contributed by atoms with Gasteiger partial charge in [0.15, 0.2) is 0 Å². The second-order valence-corrected chi connectivity index (χ2v) is 7.75. The fourth-order valence-corrected chi connectivity index (χ4v) is 3.70. The monoisotopic (exact) mass is 272 g/mol. The van der Waals surface area contributed by atoms with Gasteiger partial charge in [-0.05, 0) is 13.0 Å². The molecule has 0 bridgehead atoms. The van der Waals surface area contributed by atoms with Crippen LogP contribution in [0.3, 0.4) is 0 Å². The first kappa shape index (κ1) is 13.1. The maximum atomic E-state index is 4.21. The van der Waals surface area contributed by atoms with E-state index in [0.717, 1.165) is 29.8 Å². The molecule has 6 heteroatoms. The quantitative estimate of drug-likeness (QED) is 0.914. The molecule has 1 aromatic rings. The zero-order valence-corrected chi connectivity index (χ0v) is 12.3. The lowest BCUT2D eigenvalue weighted by Gasteiger charge is -2.21. The van der Waals surface area contributed by atoms with Crippen molar-refractivity contribution in [1.29, 1.82) is 0 Å². The second-order valence-electron chi connectivity index (χ2n) is 4.89. The Morgan fingerprint density at radius 2 is 2.18 bits per heavy atom. The Morgan fingerprint density at radius 3 is 2.88 bits per heavy atom. The molecule has 1 aliphatic heterocycles. The van der Waals surface area contributed by atoms with Crippen LogP contribution < -0.4 is 5.32 Å². The van der Waals surface area contributed by atoms with Gasteiger partial charge in [0.1, 0.15) is 5.01 Å². The van der Waals surface area contributed by atoms with Crippen LogP contribution in [0.25, 0.3) is 0 Å². The number of aromatic nitrogens is 2. The average Bonchev–Trinajstić information content (AvgIpc) is 2.66. The number of thioether (sulfide) groups is 1. The van der Waals surface area contributed by atoms with Crippen molar-refractivity contribution in [3.63, 3.8) is 0 Å². The molecule has 0 aliphatic carbocycles. The number of nitrogens with zero attached hydrogens (tertiary/aromatic N) is 3. The Balaban J connectivity index is 1.90. The molecule has 1 aromatic heterocycles. The van der Waals surface area contributed by atoms with Crippen LogP contribution in [0.15, 0.2) is 0 Å². The van der Waals surface area contributed by atoms with Crippen molar-refractivity contribution < 1.29 is 0 Å². The fourth-order valence-electron chi connectivity index (χ4n) is 1.83. The summed E-state index contributed by atoms with van der Waals surface area (Å²) in [5.74, 6) is 1.21. The molecule has 0 atom stereocenters. The van der Waals surface area contributed by atoms with Crippen molar-refractivity contribution in [2.45, 2.75) is 31.6 Å². The molecule has 1 aliphatic rings. The first-order chi connectivity index (χ1) is 8.09. The van der Waals surface area contributed by atoms with Gasteiger partial charge >= 0.3 is 0 Å². The molecular weight excluding hydrogens is 252 g/mol. The molecule has 4 nitrogen and oxygen atoms in total. The van der Waals surface area contributed by atoms with E-state index in [-0.39, 0.29) is 0 Å². The van der Waals surface area contributed by atoms with Crippen LogP contribution in [-0.2, 0) is 6.54 Å². The zero-order valence-electron chi connectivity index (χ0n) is 10.7. The van der Waals surface area contributed by atoms with E-state index in [4.69, 9.17) is 0 Å². The minimum absolute atomic E-state index is 0.423. The van der Waals surface area contributed by atoms with Crippen molar-refractivity contribution in [3.8, 4) is 0 Å². The predicted octanol–water partition coefficient (Wildman–Crippen LogP) is 2.30. The lowest BCUT2D eigenvalue weighted by atomic mass is 10.1. The molecule has 2 heterocycles. The number of hydrogen-bond acceptors (Lipinski definition) is 6. The van der Waals surface area contributed by atoms with Gasteiger partial charge in [-0.1, -0.05) is 25.2 Å². The highest BCUT2D eigenvalue weighted by molar-refractivity contribution is 8.00. The molecule has 0 radical (unpaired) electrons. The summed E-state index contributed by atoms with van der Waals surface area (Å²) >= 11 is 3.73. The highest BCUT2D eigenvalue weighted by Crippen LogP contribution is 2.31. The molecular formula is C11H20N4S2. The topological polar surface area (TPSA) is 41.1 Å². The molecule has 0 aromatic carbocycles. The molecule has 2 rings (SSSR count). The summed E-state index contributed by atoms with van der Waals surface area (Å²) in [6.45, 7) is 7.93. The van der Waals surface area contributed by atoms with Gasteiger partial charge in [0.05, 0.1) is 6.54 Å². The molecule has 0 unspecified atom stereocenters. The van der Waals surface area contributed by atoms with Gasteiger partial charge in [0, 0.05) is 24.1 Å². The van der Waals surface area contributed by atoms with Crippen molar-refractivity contribution in [2.24, 2.45) is 0 Å². The first-order valence-corrected chi connectivity index (χ1v) is 7.76. The van der Waals surface area contributed by atoms with E-state index in [1.165, 1.54) is 12.2 Å². The van der Waals surface area contributed by atoms with Gasteiger partial charge < -0.3 is 5.32 Å². The van der Waals surface area contributed by atoms with E-state index in [9.17, 15) is 0 Å². The van der Waals surface area contributed by atoms with Gasteiger partial charge in [-0.25, -0.2) is 0 Å². The number of rotatable bonds is 3. The fraction of sp³-hybridized carbons (Fsp3) is 0.818. The van der Waals surface area contributed by atoms with Crippen LogP contribution >= 0.6 is 23.1 Å². The largest absolute Gasteiger partial charge is 0.363 e. The first-order valence-electron chi connectivity index (χ1n) is 5.95. The lowest BCUT2D eigenvalue weighted by molar-refractivity contribution is 0.275. The van der Waals surface area contributed by atoms with E-state index in [1.54, 1.807) is 11.3 Å². The number of hydrogen-bond donors (Lipinski definition) is 1. The van der Waals surface area contributed by atoms with Crippen LogP contribution in [0.5, 0.6) is 0 Å². The van der Waals surface area contributed by atoms with Crippen molar-refractivity contribution in [3.05, 3.63) is 5.01 Å². The normalized spacial score (nSPS) is 21.1.